The van der Waals surface area contributed by atoms with Gasteiger partial charge in [-0.1, -0.05) is 17.7 Å². The third-order valence-corrected chi connectivity index (χ3v) is 7.09. The first-order valence-corrected chi connectivity index (χ1v) is 15.0. The Labute approximate surface area is 271 Å². The van der Waals surface area contributed by atoms with E-state index in [1.807, 2.05) is 13.0 Å². The highest BCUT2D eigenvalue weighted by atomic mass is 35.5. The zero-order valence-corrected chi connectivity index (χ0v) is 27.0. The van der Waals surface area contributed by atoms with Crippen molar-refractivity contribution < 1.29 is 13.9 Å². The summed E-state index contributed by atoms with van der Waals surface area (Å²) in [5, 5.41) is 0.666. The first kappa shape index (κ1) is 35.8. The van der Waals surface area contributed by atoms with Crippen LogP contribution in [-0.2, 0) is 17.8 Å². The van der Waals surface area contributed by atoms with E-state index < -0.39 is 11.5 Å². The summed E-state index contributed by atoms with van der Waals surface area (Å²) in [4.78, 5) is 27.5. The van der Waals surface area contributed by atoms with Crippen molar-refractivity contribution >= 4 is 34.6 Å². The van der Waals surface area contributed by atoms with E-state index in [4.69, 9.17) is 49.7 Å². The smallest absolute Gasteiger partial charge is 0.354 e. The minimum absolute atomic E-state index is 0.0365. The van der Waals surface area contributed by atoms with E-state index >= 15 is 4.39 Å². The van der Waals surface area contributed by atoms with Gasteiger partial charge in [-0.05, 0) is 62.4 Å². The molecule has 46 heavy (non-hydrogen) atoms. The van der Waals surface area contributed by atoms with Gasteiger partial charge >= 0.3 is 5.69 Å². The number of benzene rings is 2. The normalized spacial score (nSPS) is 11.4. The van der Waals surface area contributed by atoms with Crippen LogP contribution in [-0.4, -0.2) is 59.8 Å². The molecule has 0 spiro atoms. The van der Waals surface area contributed by atoms with Crippen LogP contribution in [0.2, 0.25) is 5.02 Å². The highest BCUT2D eigenvalue weighted by molar-refractivity contribution is 6.31. The molecule has 11 N–H and O–H groups in total. The maximum atomic E-state index is 15.1. The number of halogens is 2. The summed E-state index contributed by atoms with van der Waals surface area (Å²) in [6.07, 6.45) is 4.77. The van der Waals surface area contributed by atoms with Crippen LogP contribution >= 0.6 is 11.6 Å². The lowest BCUT2D eigenvalue weighted by molar-refractivity contribution is 0.118. The number of fused-ring (bicyclic) bond motifs is 1. The molecule has 2 aromatic heterocycles. The van der Waals surface area contributed by atoms with E-state index in [0.717, 1.165) is 30.4 Å². The molecule has 13 nitrogen and oxygen atoms in total. The van der Waals surface area contributed by atoms with Gasteiger partial charge in [0.25, 0.3) is 0 Å². The molecular formula is C31H42ClFN10O3. The molecule has 15 heteroatoms. The van der Waals surface area contributed by atoms with Gasteiger partial charge in [-0.25, -0.2) is 9.18 Å². The van der Waals surface area contributed by atoms with Gasteiger partial charge in [-0.2, -0.15) is 4.98 Å². The molecule has 0 aliphatic carbocycles. The number of nitrogens with two attached hydrogens (primary N) is 5. The molecule has 0 fully saturated rings. The molecule has 0 saturated heterocycles. The second-order valence-corrected chi connectivity index (χ2v) is 11.0. The molecule has 4 aromatic rings. The van der Waals surface area contributed by atoms with Crippen molar-refractivity contribution in [3.8, 4) is 22.7 Å². The Morgan fingerprint density at radius 2 is 1.87 bits per heavy atom. The fourth-order valence-electron chi connectivity index (χ4n) is 4.50. The average Bonchev–Trinajstić information content (AvgIpc) is 3.42. The Bertz CT molecular complexity index is 1730. The summed E-state index contributed by atoms with van der Waals surface area (Å²) in [6, 6.07) is 10.6. The van der Waals surface area contributed by atoms with Crippen molar-refractivity contribution in [2.24, 2.45) is 38.7 Å². The van der Waals surface area contributed by atoms with Gasteiger partial charge in [-0.15, -0.1) is 0 Å². The molecule has 2 heterocycles. The molecule has 0 saturated carbocycles. The maximum Gasteiger partial charge on any atom is 0.354 e. The lowest BCUT2D eigenvalue weighted by Crippen LogP contribution is -2.23. The van der Waals surface area contributed by atoms with Crippen molar-refractivity contribution in [1.29, 1.82) is 0 Å². The Morgan fingerprint density at radius 3 is 2.52 bits per heavy atom. The standard InChI is InChI=1S/C29H35ClFN7O3.C2H7N3/c1-17(32)5-3-6-18-11-22(26(31)23(30)12-18)24-13-20-15-38(29(39)37-27(20)36-24)21-8-7-19(25(14-21)40-2)16-41-10-4-9-35-28(33)34;1-5-2(3)4/h7-8,11-15,17H,3-6,9-10,16,32H2,1-2H3,(H4,33,34,35)(H,36,37,39);1H3,(H4,3,4,5). The van der Waals surface area contributed by atoms with E-state index in [1.165, 1.54) is 11.6 Å². The second kappa shape index (κ2) is 17.1. The zero-order valence-electron chi connectivity index (χ0n) is 26.2. The number of hydrogen-bond acceptors (Lipinski definition) is 7. The monoisotopic (exact) mass is 656 g/mol. The largest absolute Gasteiger partial charge is 0.496 e. The van der Waals surface area contributed by atoms with E-state index in [2.05, 4.69) is 20.0 Å². The number of ether oxygens (including phenoxy) is 2. The van der Waals surface area contributed by atoms with E-state index in [-0.39, 0.29) is 23.0 Å². The molecule has 2 aromatic carbocycles. The predicted molar refractivity (Wildman–Crippen MR) is 182 cm³/mol. The molecule has 248 valence electrons. The minimum Gasteiger partial charge on any atom is -0.496 e. The van der Waals surface area contributed by atoms with Crippen molar-refractivity contribution in [3.05, 3.63) is 75.0 Å². The predicted octanol–water partition coefficient (Wildman–Crippen LogP) is 2.92. The van der Waals surface area contributed by atoms with E-state index in [1.54, 1.807) is 43.6 Å². The first-order valence-electron chi connectivity index (χ1n) is 14.6. The quantitative estimate of drug-likeness (QED) is 0.0705. The number of aromatic nitrogens is 3. The molecule has 0 aliphatic rings. The SMILES string of the molecule is CN=C(N)N.COc1cc(-n2cc3cc(-c4cc(CCCC(C)N)cc(Cl)c4F)[nH]c3nc2=O)ccc1COCCCN=C(N)N. The highest BCUT2D eigenvalue weighted by Gasteiger charge is 2.16. The maximum absolute atomic E-state index is 15.1. The van der Waals surface area contributed by atoms with Crippen LogP contribution in [0.4, 0.5) is 4.39 Å². The molecular weight excluding hydrogens is 615 g/mol. The molecule has 1 unspecified atom stereocenters. The number of hydrogen-bond donors (Lipinski definition) is 6. The molecule has 0 amide bonds. The molecule has 1 atom stereocenters. The van der Waals surface area contributed by atoms with Crippen molar-refractivity contribution in [2.45, 2.75) is 45.3 Å². The number of rotatable bonds is 13. The van der Waals surface area contributed by atoms with Crippen LogP contribution in [0.25, 0.3) is 28.0 Å². The molecule has 0 aliphatic heterocycles. The van der Waals surface area contributed by atoms with Crippen LogP contribution < -0.4 is 39.1 Å². The van der Waals surface area contributed by atoms with Crippen LogP contribution in [0, 0.1) is 5.82 Å². The number of aromatic amines is 1. The number of methoxy groups -OCH3 is 1. The Morgan fingerprint density at radius 1 is 1.13 bits per heavy atom. The number of nitrogens with zero attached hydrogens (tertiary/aromatic N) is 4. The zero-order chi connectivity index (χ0) is 33.8. The minimum atomic E-state index is -0.539. The van der Waals surface area contributed by atoms with Crippen LogP contribution in [0.1, 0.15) is 37.3 Å². The van der Waals surface area contributed by atoms with Gasteiger partial charge < -0.3 is 43.1 Å². The topological polar surface area (TPSA) is 224 Å². The summed E-state index contributed by atoms with van der Waals surface area (Å²) >= 11 is 6.23. The first-order chi connectivity index (χ1) is 21.9. The third kappa shape index (κ3) is 10.2. The Hall–Kier alpha value is -4.66. The Kier molecular flexibility index (Phi) is 13.4. The number of nitrogens with one attached hydrogen (secondary N) is 1. The van der Waals surface area contributed by atoms with Gasteiger partial charge in [-0.3, -0.25) is 14.6 Å². The lowest BCUT2D eigenvalue weighted by atomic mass is 10.0. The van der Waals surface area contributed by atoms with Crippen LogP contribution in [0.15, 0.2) is 57.4 Å². The van der Waals surface area contributed by atoms with Gasteiger partial charge in [0.15, 0.2) is 17.7 Å². The summed E-state index contributed by atoms with van der Waals surface area (Å²) in [7, 11) is 3.09. The van der Waals surface area contributed by atoms with Crippen LogP contribution in [0.5, 0.6) is 5.75 Å². The fourth-order valence-corrected chi connectivity index (χ4v) is 4.74. The van der Waals surface area contributed by atoms with E-state index in [0.29, 0.717) is 59.9 Å². The summed E-state index contributed by atoms with van der Waals surface area (Å²) in [5.41, 5.74) is 29.1. The number of guanidine groups is 2. The fraction of sp³-hybridized carbons (Fsp3) is 0.355. The van der Waals surface area contributed by atoms with Crippen molar-refractivity contribution in [1.82, 2.24) is 14.5 Å². The van der Waals surface area contributed by atoms with Gasteiger partial charge in [0.05, 0.1) is 30.1 Å². The van der Waals surface area contributed by atoms with Gasteiger partial charge in [0.2, 0.25) is 0 Å². The number of H-pyrrole nitrogens is 1. The van der Waals surface area contributed by atoms with Crippen molar-refractivity contribution in [3.63, 3.8) is 0 Å². The second-order valence-electron chi connectivity index (χ2n) is 10.5. The summed E-state index contributed by atoms with van der Waals surface area (Å²) in [6.45, 7) is 3.23. The number of aliphatic imine (C=N–C) groups is 2. The lowest BCUT2D eigenvalue weighted by Gasteiger charge is -2.12. The number of aryl methyl sites for hydroxylation is 1. The summed E-state index contributed by atoms with van der Waals surface area (Å²) in [5.74, 6) is 0.204. The average molecular weight is 657 g/mol. The molecule has 0 radical (unpaired) electrons. The van der Waals surface area contributed by atoms with E-state index in [9.17, 15) is 4.79 Å². The van der Waals surface area contributed by atoms with Gasteiger partial charge in [0, 0.05) is 55.0 Å². The third-order valence-electron chi connectivity index (χ3n) is 6.82. The van der Waals surface area contributed by atoms with Crippen LogP contribution in [0.3, 0.4) is 0 Å². The molecule has 4 rings (SSSR count). The van der Waals surface area contributed by atoms with Gasteiger partial charge in [0.1, 0.15) is 11.4 Å². The molecule has 0 bridgehead atoms. The Balaban J connectivity index is 0.00000107. The highest BCUT2D eigenvalue weighted by Crippen LogP contribution is 2.31. The van der Waals surface area contributed by atoms with Crippen molar-refractivity contribution in [2.75, 3.05) is 27.3 Å². The summed E-state index contributed by atoms with van der Waals surface area (Å²) < 4.78 is 27.7.